The van der Waals surface area contributed by atoms with Crippen molar-refractivity contribution in [1.82, 2.24) is 0 Å². The molecule has 2 nitrogen and oxygen atoms in total. The van der Waals surface area contributed by atoms with Gasteiger partial charge in [-0.1, -0.05) is 62.3 Å². The Morgan fingerprint density at radius 1 is 0.857 bits per heavy atom. The Labute approximate surface area is 135 Å². The highest BCUT2D eigenvalue weighted by Crippen LogP contribution is 2.45. The van der Waals surface area contributed by atoms with E-state index in [1.165, 1.54) is 12.8 Å². The molecule has 0 fully saturated rings. The first-order valence-corrected chi connectivity index (χ1v) is 10.3. The molecule has 1 unspecified atom stereocenters. The lowest BCUT2D eigenvalue weighted by molar-refractivity contribution is 0.165. The Hall–Kier alpha value is 0.137. The quantitative estimate of drug-likeness (QED) is 0.535. The van der Waals surface area contributed by atoms with Crippen molar-refractivity contribution in [2.75, 3.05) is 14.2 Å². The van der Waals surface area contributed by atoms with Crippen LogP contribution in [0.3, 0.4) is 0 Å². The van der Waals surface area contributed by atoms with E-state index in [0.29, 0.717) is 16.7 Å². The van der Waals surface area contributed by atoms with Crippen LogP contribution in [0.2, 0.25) is 11.1 Å². The van der Waals surface area contributed by atoms with Crippen molar-refractivity contribution in [3.63, 3.8) is 0 Å². The maximum atomic E-state index is 5.95. The molecule has 0 aliphatic heterocycles. The zero-order valence-corrected chi connectivity index (χ0v) is 17.5. The predicted octanol–water partition coefficient (Wildman–Crippen LogP) is 6.01. The minimum absolute atomic E-state index is 0.0962. The third-order valence-electron chi connectivity index (χ3n) is 4.33. The SMILES string of the molecule is CO[Si](CC(C)CC(C)(C)CC(C)(C)C)(OC)C(C)(C)C. The van der Waals surface area contributed by atoms with Gasteiger partial charge in [-0.25, -0.2) is 0 Å². The van der Waals surface area contributed by atoms with Gasteiger partial charge in [-0.05, 0) is 35.6 Å². The van der Waals surface area contributed by atoms with E-state index in [0.717, 1.165) is 6.04 Å². The first kappa shape index (κ1) is 21.1. The zero-order valence-electron chi connectivity index (χ0n) is 16.5. The molecule has 1 atom stereocenters. The van der Waals surface area contributed by atoms with Crippen LogP contribution < -0.4 is 0 Å². The summed E-state index contributed by atoms with van der Waals surface area (Å²) in [7, 11) is 1.49. The molecule has 0 radical (unpaired) electrons. The molecule has 0 heterocycles. The molecule has 0 saturated heterocycles. The number of rotatable bonds is 7. The lowest BCUT2D eigenvalue weighted by atomic mass is 9.72. The molecule has 0 spiro atoms. The number of hydrogen-bond acceptors (Lipinski definition) is 2. The van der Waals surface area contributed by atoms with Gasteiger partial charge in [0, 0.05) is 19.3 Å². The summed E-state index contributed by atoms with van der Waals surface area (Å²) in [4.78, 5) is 0. The summed E-state index contributed by atoms with van der Waals surface area (Å²) in [5, 5.41) is 0.0962. The van der Waals surface area contributed by atoms with Crippen LogP contribution in [0.5, 0.6) is 0 Å². The Morgan fingerprint density at radius 2 is 1.29 bits per heavy atom. The van der Waals surface area contributed by atoms with E-state index in [1.54, 1.807) is 0 Å². The van der Waals surface area contributed by atoms with Crippen LogP contribution in [0.4, 0.5) is 0 Å². The highest BCUT2D eigenvalue weighted by molar-refractivity contribution is 6.70. The summed E-state index contributed by atoms with van der Waals surface area (Å²) in [6.07, 6.45) is 2.47. The zero-order chi connectivity index (χ0) is 17.1. The van der Waals surface area contributed by atoms with E-state index in [2.05, 4.69) is 62.3 Å². The molecule has 0 saturated carbocycles. The third-order valence-corrected chi connectivity index (χ3v) is 9.17. The van der Waals surface area contributed by atoms with Gasteiger partial charge < -0.3 is 8.85 Å². The van der Waals surface area contributed by atoms with Gasteiger partial charge in [0.1, 0.15) is 0 Å². The van der Waals surface area contributed by atoms with Gasteiger partial charge in [0.2, 0.25) is 0 Å². The van der Waals surface area contributed by atoms with Gasteiger partial charge in [0.25, 0.3) is 0 Å². The van der Waals surface area contributed by atoms with Crippen LogP contribution in [0, 0.1) is 16.7 Å². The smallest absolute Gasteiger partial charge is 0.343 e. The van der Waals surface area contributed by atoms with Crippen molar-refractivity contribution in [2.24, 2.45) is 16.7 Å². The molecule has 0 aromatic rings. The molecule has 0 bridgehead atoms. The van der Waals surface area contributed by atoms with Gasteiger partial charge in [-0.3, -0.25) is 0 Å². The van der Waals surface area contributed by atoms with Gasteiger partial charge >= 0.3 is 8.56 Å². The molecule has 0 aromatic carbocycles. The van der Waals surface area contributed by atoms with E-state index in [4.69, 9.17) is 8.85 Å². The molecular weight excluding hydrogens is 276 g/mol. The molecule has 0 aromatic heterocycles. The van der Waals surface area contributed by atoms with Crippen molar-refractivity contribution in [2.45, 2.75) is 86.2 Å². The summed E-state index contributed by atoms with van der Waals surface area (Å²) in [5.41, 5.74) is 0.738. The molecule has 128 valence electrons. The van der Waals surface area contributed by atoms with E-state index in [1.807, 2.05) is 14.2 Å². The van der Waals surface area contributed by atoms with Crippen LogP contribution in [0.15, 0.2) is 0 Å². The van der Waals surface area contributed by atoms with Crippen molar-refractivity contribution in [3.05, 3.63) is 0 Å². The highest BCUT2D eigenvalue weighted by atomic mass is 28.4. The molecule has 0 N–H and O–H groups in total. The van der Waals surface area contributed by atoms with Crippen LogP contribution in [-0.2, 0) is 8.85 Å². The largest absolute Gasteiger partial charge is 0.397 e. The molecule has 21 heavy (non-hydrogen) atoms. The highest BCUT2D eigenvalue weighted by Gasteiger charge is 2.49. The first-order chi connectivity index (χ1) is 9.18. The summed E-state index contributed by atoms with van der Waals surface area (Å²) in [6.45, 7) is 20.9. The van der Waals surface area contributed by atoms with Crippen LogP contribution in [0.1, 0.15) is 75.2 Å². The van der Waals surface area contributed by atoms with Gasteiger partial charge in [-0.2, -0.15) is 0 Å². The normalized spacial score (nSPS) is 16.1. The molecular formula is C18H40O2Si. The minimum Gasteiger partial charge on any atom is -0.397 e. The summed E-state index contributed by atoms with van der Waals surface area (Å²) < 4.78 is 11.9. The monoisotopic (exact) mass is 316 g/mol. The minimum atomic E-state index is -2.17. The average molecular weight is 317 g/mol. The van der Waals surface area contributed by atoms with Crippen molar-refractivity contribution >= 4 is 8.56 Å². The first-order valence-electron chi connectivity index (χ1n) is 8.28. The van der Waals surface area contributed by atoms with E-state index < -0.39 is 8.56 Å². The van der Waals surface area contributed by atoms with Crippen LogP contribution >= 0.6 is 0 Å². The molecule has 3 heteroatoms. The van der Waals surface area contributed by atoms with Gasteiger partial charge in [-0.15, -0.1) is 0 Å². The Kier molecular flexibility index (Phi) is 7.19. The van der Waals surface area contributed by atoms with Gasteiger partial charge in [0.05, 0.1) is 0 Å². The van der Waals surface area contributed by atoms with E-state index >= 15 is 0 Å². The fourth-order valence-electron chi connectivity index (χ4n) is 4.15. The van der Waals surface area contributed by atoms with E-state index in [-0.39, 0.29) is 5.04 Å². The summed E-state index contributed by atoms with van der Waals surface area (Å²) in [5.74, 6) is 0.619. The standard InChI is InChI=1S/C18H40O2Si/c1-15(12-18(8,9)14-16(2,3)4)13-21(19-10,20-11)17(5,6)7/h15H,12-14H2,1-11H3. The van der Waals surface area contributed by atoms with Crippen molar-refractivity contribution < 1.29 is 8.85 Å². The number of hydrogen-bond donors (Lipinski definition) is 0. The Balaban J connectivity index is 4.91. The molecule has 0 aliphatic carbocycles. The third kappa shape index (κ3) is 6.83. The maximum absolute atomic E-state index is 5.95. The van der Waals surface area contributed by atoms with Crippen molar-refractivity contribution in [3.8, 4) is 0 Å². The molecule has 0 rings (SSSR count). The predicted molar refractivity (Wildman–Crippen MR) is 95.9 cm³/mol. The average Bonchev–Trinajstić information content (AvgIpc) is 2.19. The van der Waals surface area contributed by atoms with Crippen molar-refractivity contribution in [1.29, 1.82) is 0 Å². The lowest BCUT2D eigenvalue weighted by Gasteiger charge is -2.42. The topological polar surface area (TPSA) is 18.5 Å². The summed E-state index contributed by atoms with van der Waals surface area (Å²) in [6, 6.07) is 1.07. The lowest BCUT2D eigenvalue weighted by Crippen LogP contribution is -2.50. The second-order valence-corrected chi connectivity index (χ2v) is 14.1. The van der Waals surface area contributed by atoms with Crippen LogP contribution in [-0.4, -0.2) is 22.8 Å². The molecule has 0 amide bonds. The summed E-state index contributed by atoms with van der Waals surface area (Å²) >= 11 is 0. The van der Waals surface area contributed by atoms with Gasteiger partial charge in [0.15, 0.2) is 0 Å². The fraction of sp³-hybridized carbons (Fsp3) is 1.00. The van der Waals surface area contributed by atoms with Crippen LogP contribution in [0.25, 0.3) is 0 Å². The Bertz CT molecular complexity index is 306. The fourth-order valence-corrected chi connectivity index (χ4v) is 7.55. The second kappa shape index (κ2) is 7.14. The maximum Gasteiger partial charge on any atom is 0.343 e. The second-order valence-electron chi connectivity index (χ2n) is 9.83. The van der Waals surface area contributed by atoms with E-state index in [9.17, 15) is 0 Å². The molecule has 0 aliphatic rings. The Morgan fingerprint density at radius 3 is 1.57 bits per heavy atom.